The molecule has 0 spiro atoms. The molecule has 7 heteroatoms. The number of carbonyl (C=O) groups excluding carboxylic acids is 2. The molecule has 3 saturated carbocycles. The van der Waals surface area contributed by atoms with Gasteiger partial charge in [0.15, 0.2) is 12.4 Å². The first-order valence-electron chi connectivity index (χ1n) is 13.8. The van der Waals surface area contributed by atoms with Gasteiger partial charge in [-0.1, -0.05) is 52.3 Å². The van der Waals surface area contributed by atoms with E-state index in [4.69, 9.17) is 10.5 Å². The number of nitrogens with two attached hydrogens (primary N) is 1. The number of hydrogen-bond donors (Lipinski definition) is 1. The van der Waals surface area contributed by atoms with Crippen LogP contribution in [0.5, 0.6) is 0 Å². The maximum atomic E-state index is 13.1. The summed E-state index contributed by atoms with van der Waals surface area (Å²) in [6.07, 6.45) is 7.60. The highest BCUT2D eigenvalue weighted by Crippen LogP contribution is 2.75. The van der Waals surface area contributed by atoms with Crippen LogP contribution in [0.4, 0.5) is 13.2 Å². The molecule has 38 heavy (non-hydrogen) atoms. The number of amides is 1. The van der Waals surface area contributed by atoms with Crippen LogP contribution in [0.15, 0.2) is 46.3 Å². The molecule has 208 valence electrons. The highest BCUT2D eigenvalue weighted by atomic mass is 19.4. The first kappa shape index (κ1) is 27.3. The van der Waals surface area contributed by atoms with E-state index in [0.29, 0.717) is 11.5 Å². The van der Waals surface area contributed by atoms with Crippen LogP contribution in [0.3, 0.4) is 0 Å². The van der Waals surface area contributed by atoms with Gasteiger partial charge < -0.3 is 10.5 Å². The monoisotopic (exact) mass is 531 g/mol. The Hall–Kier alpha value is -2.31. The zero-order valence-electron chi connectivity index (χ0n) is 23.4. The average molecular weight is 532 g/mol. The van der Waals surface area contributed by atoms with Crippen LogP contribution in [0.1, 0.15) is 86.5 Å². The molecule has 0 bridgehead atoms. The first-order chi connectivity index (χ1) is 17.4. The van der Waals surface area contributed by atoms with Gasteiger partial charge in [0, 0.05) is 16.4 Å². The van der Waals surface area contributed by atoms with Crippen molar-refractivity contribution in [2.45, 2.75) is 92.7 Å². The molecule has 0 aromatic carbocycles. The van der Waals surface area contributed by atoms with Crippen molar-refractivity contribution in [3.05, 3.63) is 46.3 Å². The summed E-state index contributed by atoms with van der Waals surface area (Å²) < 4.78 is 43.5. The summed E-state index contributed by atoms with van der Waals surface area (Å²) in [5.41, 5.74) is 8.39. The van der Waals surface area contributed by atoms with Gasteiger partial charge in [0.05, 0.1) is 0 Å². The zero-order chi connectivity index (χ0) is 28.1. The number of rotatable bonds is 3. The number of hydrogen-bond acceptors (Lipinski definition) is 3. The van der Waals surface area contributed by atoms with Crippen molar-refractivity contribution in [3.63, 3.8) is 0 Å². The topological polar surface area (TPSA) is 69.4 Å². The molecule has 4 nitrogen and oxygen atoms in total. The van der Waals surface area contributed by atoms with E-state index in [0.717, 1.165) is 56.1 Å². The minimum atomic E-state index is -4.51. The number of halogens is 3. The summed E-state index contributed by atoms with van der Waals surface area (Å²) in [7, 11) is 0. The van der Waals surface area contributed by atoms with Crippen LogP contribution in [-0.2, 0) is 14.3 Å². The van der Waals surface area contributed by atoms with Crippen molar-refractivity contribution < 1.29 is 27.5 Å². The predicted molar refractivity (Wildman–Crippen MR) is 140 cm³/mol. The molecule has 0 aliphatic heterocycles. The largest absolute Gasteiger partial charge is 0.480 e. The Morgan fingerprint density at radius 2 is 1.68 bits per heavy atom. The van der Waals surface area contributed by atoms with Crippen LogP contribution in [0, 0.1) is 33.0 Å². The highest BCUT2D eigenvalue weighted by Gasteiger charge is 2.67. The van der Waals surface area contributed by atoms with E-state index < -0.39 is 29.4 Å². The summed E-state index contributed by atoms with van der Waals surface area (Å²) in [4.78, 5) is 25.6. The van der Waals surface area contributed by atoms with Crippen molar-refractivity contribution in [2.75, 3.05) is 6.61 Å². The smallest absolute Gasteiger partial charge is 0.422 e. The van der Waals surface area contributed by atoms with Gasteiger partial charge in [-0.2, -0.15) is 13.2 Å². The highest BCUT2D eigenvalue weighted by molar-refractivity contribution is 6.07. The summed E-state index contributed by atoms with van der Waals surface area (Å²) in [6, 6.07) is 0. The molecule has 6 atom stereocenters. The fraction of sp³-hybridized carbons (Fsp3) is 0.677. The quantitative estimate of drug-likeness (QED) is 0.422. The Morgan fingerprint density at radius 3 is 2.32 bits per heavy atom. The minimum Gasteiger partial charge on any atom is -0.480 e. The Balaban J connectivity index is 1.57. The standard InChI is InChI=1S/C31H40F3NO3/c1-18-19-7-8-22-28(4,20(19)15-21(36)24(18)38-17-31(32,33)34)12-14-30(6)23-16-27(3,25(35)37)10-9-26(23,2)11-13-29(22,30)5/h7-8,15,23H,9-14,16-17H2,1-6H3,(H2,35,37)/t23-,26-,27-,28+,29-,30+/m1/s1. The molecule has 0 unspecified atom stereocenters. The Labute approximate surface area is 223 Å². The van der Waals surface area contributed by atoms with Crippen molar-refractivity contribution >= 4 is 11.7 Å². The second kappa shape index (κ2) is 8.11. The fourth-order valence-corrected chi connectivity index (χ4v) is 9.01. The summed E-state index contributed by atoms with van der Waals surface area (Å²) in [5.74, 6) is -0.592. The molecule has 5 rings (SSSR count). The third-order valence-electron chi connectivity index (χ3n) is 11.8. The van der Waals surface area contributed by atoms with Gasteiger partial charge in [0.1, 0.15) is 0 Å². The molecule has 3 fully saturated rings. The van der Waals surface area contributed by atoms with Crippen LogP contribution in [0.2, 0.25) is 0 Å². The lowest BCUT2D eigenvalue weighted by Crippen LogP contribution is -2.62. The van der Waals surface area contributed by atoms with Crippen LogP contribution in [0.25, 0.3) is 0 Å². The molecule has 0 aromatic heterocycles. The van der Waals surface area contributed by atoms with Gasteiger partial charge in [0.2, 0.25) is 11.7 Å². The molecular weight excluding hydrogens is 491 g/mol. The lowest BCUT2D eigenvalue weighted by atomic mass is 9.34. The summed E-state index contributed by atoms with van der Waals surface area (Å²) in [6.45, 7) is 11.6. The third-order valence-corrected chi connectivity index (χ3v) is 11.8. The van der Waals surface area contributed by atoms with Crippen LogP contribution < -0.4 is 5.73 Å². The molecule has 0 saturated heterocycles. The van der Waals surface area contributed by atoms with Crippen molar-refractivity contribution in [2.24, 2.45) is 38.7 Å². The summed E-state index contributed by atoms with van der Waals surface area (Å²) >= 11 is 0. The molecule has 0 aromatic rings. The van der Waals surface area contributed by atoms with E-state index in [1.165, 1.54) is 11.6 Å². The van der Waals surface area contributed by atoms with Gasteiger partial charge >= 0.3 is 6.18 Å². The van der Waals surface area contributed by atoms with Crippen molar-refractivity contribution in [1.82, 2.24) is 0 Å². The average Bonchev–Trinajstić information content (AvgIpc) is 2.81. The van der Waals surface area contributed by atoms with Gasteiger partial charge in [-0.05, 0) is 91.3 Å². The Morgan fingerprint density at radius 1 is 1.03 bits per heavy atom. The van der Waals surface area contributed by atoms with E-state index in [2.05, 4.69) is 33.8 Å². The Kier molecular flexibility index (Phi) is 5.82. The number of ketones is 1. The molecule has 2 N–H and O–H groups in total. The third kappa shape index (κ3) is 3.62. The first-order valence-corrected chi connectivity index (χ1v) is 13.8. The second-order valence-corrected chi connectivity index (χ2v) is 13.9. The lowest BCUT2D eigenvalue weighted by molar-refractivity contribution is -0.167. The number of primary amides is 1. The molecule has 5 aliphatic rings. The number of carbonyl (C=O) groups is 2. The SMILES string of the molecule is CC1=C(OCC(F)(F)F)C(=O)C=C2C1=CC=C1[C@@]2(C)CC[C@@]2(C)[C@@H]3C[C@](C)(C(N)=O)CC[C@]3(C)CC[C@]12C. The van der Waals surface area contributed by atoms with Crippen LogP contribution in [-0.4, -0.2) is 24.5 Å². The minimum absolute atomic E-state index is 0.0566. The second-order valence-electron chi connectivity index (χ2n) is 13.9. The summed E-state index contributed by atoms with van der Waals surface area (Å²) in [5, 5.41) is 0. The van der Waals surface area contributed by atoms with E-state index in [-0.39, 0.29) is 27.9 Å². The predicted octanol–water partition coefficient (Wildman–Crippen LogP) is 7.12. The molecular formula is C31H40F3NO3. The molecule has 0 radical (unpaired) electrons. The number of alkyl halides is 3. The molecule has 5 aliphatic carbocycles. The van der Waals surface area contributed by atoms with Crippen LogP contribution >= 0.6 is 0 Å². The molecule has 1 amide bonds. The van der Waals surface area contributed by atoms with Gasteiger partial charge in [-0.25, -0.2) is 0 Å². The Bertz CT molecular complexity index is 1240. The zero-order valence-corrected chi connectivity index (χ0v) is 23.4. The number of allylic oxidation sites excluding steroid dienone is 7. The number of fused-ring (bicyclic) bond motifs is 7. The van der Waals surface area contributed by atoms with Crippen molar-refractivity contribution in [3.8, 4) is 0 Å². The van der Waals surface area contributed by atoms with E-state index in [9.17, 15) is 22.8 Å². The fourth-order valence-electron chi connectivity index (χ4n) is 9.01. The maximum Gasteiger partial charge on any atom is 0.422 e. The van der Waals surface area contributed by atoms with Crippen molar-refractivity contribution in [1.29, 1.82) is 0 Å². The number of ether oxygens (including phenoxy) is 1. The van der Waals surface area contributed by atoms with E-state index >= 15 is 0 Å². The maximum absolute atomic E-state index is 13.1. The normalized spacial score (nSPS) is 42.6. The van der Waals surface area contributed by atoms with E-state index in [1.54, 1.807) is 6.92 Å². The van der Waals surface area contributed by atoms with Gasteiger partial charge in [0.25, 0.3) is 0 Å². The van der Waals surface area contributed by atoms with Gasteiger partial charge in [-0.3, -0.25) is 9.59 Å². The molecule has 0 heterocycles. The lowest BCUT2D eigenvalue weighted by Gasteiger charge is -2.70. The van der Waals surface area contributed by atoms with E-state index in [1.807, 2.05) is 13.0 Å². The van der Waals surface area contributed by atoms with Gasteiger partial charge in [-0.15, -0.1) is 0 Å².